The molecule has 180 valence electrons. The maximum atomic E-state index is 13.9. The average Bonchev–Trinajstić information content (AvgIpc) is 3.30. The van der Waals surface area contributed by atoms with E-state index in [0.29, 0.717) is 34.4 Å². The number of hydrogen-bond donors (Lipinski definition) is 1. The van der Waals surface area contributed by atoms with Crippen molar-refractivity contribution >= 4 is 27.3 Å². The van der Waals surface area contributed by atoms with Gasteiger partial charge in [0.2, 0.25) is 11.6 Å². The highest BCUT2D eigenvalue weighted by Crippen LogP contribution is 2.45. The van der Waals surface area contributed by atoms with Crippen LogP contribution in [0.2, 0.25) is 0 Å². The van der Waals surface area contributed by atoms with Crippen LogP contribution in [0.1, 0.15) is 57.5 Å². The fourth-order valence-corrected chi connectivity index (χ4v) is 6.95. The van der Waals surface area contributed by atoms with Gasteiger partial charge in [-0.05, 0) is 66.1 Å². The largest absolute Gasteiger partial charge is 0.399 e. The molecule has 3 aromatic carbocycles. The molecule has 2 aliphatic rings. The maximum Gasteiger partial charge on any atom is 0.268 e. The zero-order valence-corrected chi connectivity index (χ0v) is 20.5. The highest BCUT2D eigenvalue weighted by atomic mass is 32.2. The number of hydrogen-bond acceptors (Lipinski definition) is 5. The predicted molar refractivity (Wildman–Crippen MR) is 139 cm³/mol. The number of rotatable bonds is 3. The van der Waals surface area contributed by atoms with E-state index in [4.69, 9.17) is 5.73 Å². The topological polar surface area (TPSA) is 99.2 Å². The van der Waals surface area contributed by atoms with Crippen LogP contribution in [0.25, 0.3) is 22.4 Å². The van der Waals surface area contributed by atoms with Crippen molar-refractivity contribution < 1.29 is 18.0 Å². The molecule has 1 aromatic heterocycles. The van der Waals surface area contributed by atoms with Gasteiger partial charge >= 0.3 is 0 Å². The number of nitrogens with zero attached hydrogens (tertiary/aromatic N) is 1. The summed E-state index contributed by atoms with van der Waals surface area (Å²) in [6.07, 6.45) is 4.08. The summed E-state index contributed by atoms with van der Waals surface area (Å²) in [5.41, 5.74) is 10.5. The molecule has 1 atom stereocenters. The summed E-state index contributed by atoms with van der Waals surface area (Å²) < 4.78 is 29.0. The van der Waals surface area contributed by atoms with Gasteiger partial charge in [0.15, 0.2) is 0 Å². The molecule has 0 saturated heterocycles. The van der Waals surface area contributed by atoms with Gasteiger partial charge in [-0.3, -0.25) is 9.59 Å². The smallest absolute Gasteiger partial charge is 0.268 e. The third kappa shape index (κ3) is 3.19. The number of nitrogens with two attached hydrogens (primary N) is 1. The first kappa shape index (κ1) is 22.5. The molecule has 4 aromatic rings. The number of carbonyl (C=O) groups is 2. The third-order valence-electron chi connectivity index (χ3n) is 7.35. The summed E-state index contributed by atoms with van der Waals surface area (Å²) in [4.78, 5) is 27.3. The molecule has 0 bridgehead atoms. The van der Waals surface area contributed by atoms with E-state index in [1.807, 2.05) is 30.3 Å². The molecule has 0 amide bonds. The minimum Gasteiger partial charge on any atom is -0.399 e. The van der Waals surface area contributed by atoms with E-state index in [9.17, 15) is 18.0 Å². The first-order chi connectivity index (χ1) is 17.3. The fourth-order valence-electron chi connectivity index (χ4n) is 5.57. The standard InChI is InChI=1S/C29H24N2O4S/c1-17-6-5-9-22-21(17)14-15-23-25(22)28(32)29(33)26-24(18-7-3-2-4-8-18)16-31(27(23)26)36(34,35)20-12-10-19(30)11-13-20/h2-4,7-8,10-17H,5-6,9,30H2,1H3. The molecule has 0 fully saturated rings. The fraction of sp³-hybridized carbons (Fsp3) is 0.172. The number of benzene rings is 3. The summed E-state index contributed by atoms with van der Waals surface area (Å²) in [5, 5.41) is 0. The van der Waals surface area contributed by atoms with Crippen molar-refractivity contribution in [2.24, 2.45) is 0 Å². The van der Waals surface area contributed by atoms with E-state index in [1.54, 1.807) is 12.1 Å². The lowest BCUT2D eigenvalue weighted by Gasteiger charge is -2.28. The summed E-state index contributed by atoms with van der Waals surface area (Å²) in [5.74, 6) is -0.967. The Morgan fingerprint density at radius 1 is 0.861 bits per heavy atom. The number of anilines is 1. The minimum atomic E-state index is -4.10. The van der Waals surface area contributed by atoms with Crippen LogP contribution < -0.4 is 5.73 Å². The Labute approximate surface area is 209 Å². The number of nitrogen functional groups attached to an aromatic ring is 1. The Morgan fingerprint density at radius 2 is 1.56 bits per heavy atom. The second-order valence-electron chi connectivity index (χ2n) is 9.51. The first-order valence-corrected chi connectivity index (χ1v) is 13.4. The van der Waals surface area contributed by atoms with Gasteiger partial charge in [0.05, 0.1) is 16.2 Å². The van der Waals surface area contributed by atoms with Crippen LogP contribution in [0.5, 0.6) is 0 Å². The van der Waals surface area contributed by atoms with Crippen LogP contribution in [-0.4, -0.2) is 24.0 Å². The molecule has 0 saturated carbocycles. The molecular weight excluding hydrogens is 472 g/mol. The van der Waals surface area contributed by atoms with Crippen molar-refractivity contribution in [1.82, 2.24) is 3.97 Å². The Morgan fingerprint density at radius 3 is 2.28 bits per heavy atom. The van der Waals surface area contributed by atoms with Crippen LogP contribution >= 0.6 is 0 Å². The molecule has 7 heteroatoms. The molecule has 0 aliphatic heterocycles. The second kappa shape index (κ2) is 8.03. The Kier molecular flexibility index (Phi) is 5.02. The van der Waals surface area contributed by atoms with Crippen molar-refractivity contribution in [3.63, 3.8) is 0 Å². The monoisotopic (exact) mass is 496 g/mol. The quantitative estimate of drug-likeness (QED) is 0.300. The Bertz CT molecular complexity index is 1670. The van der Waals surface area contributed by atoms with Crippen molar-refractivity contribution in [2.45, 2.75) is 37.0 Å². The summed E-state index contributed by atoms with van der Waals surface area (Å²) in [7, 11) is -4.10. The van der Waals surface area contributed by atoms with Crippen molar-refractivity contribution in [2.75, 3.05) is 5.73 Å². The molecule has 0 spiro atoms. The average molecular weight is 497 g/mol. The van der Waals surface area contributed by atoms with Gasteiger partial charge in [-0.25, -0.2) is 12.4 Å². The molecule has 1 unspecified atom stereocenters. The molecular formula is C29H24N2O4S. The summed E-state index contributed by atoms with van der Waals surface area (Å²) >= 11 is 0. The first-order valence-electron chi connectivity index (χ1n) is 12.0. The van der Waals surface area contributed by atoms with Crippen LogP contribution in [0.4, 0.5) is 5.69 Å². The maximum absolute atomic E-state index is 13.9. The molecule has 36 heavy (non-hydrogen) atoms. The van der Waals surface area contributed by atoms with Gasteiger partial charge in [0, 0.05) is 28.6 Å². The van der Waals surface area contributed by atoms with Crippen molar-refractivity contribution in [1.29, 1.82) is 0 Å². The number of Topliss-reactive ketones (excluding diaryl/α,β-unsaturated/α-hetero) is 2. The highest BCUT2D eigenvalue weighted by Gasteiger charge is 2.41. The van der Waals surface area contributed by atoms with E-state index < -0.39 is 21.6 Å². The van der Waals surface area contributed by atoms with Gasteiger partial charge < -0.3 is 5.73 Å². The number of aromatic nitrogens is 1. The number of fused-ring (bicyclic) bond motifs is 5. The van der Waals surface area contributed by atoms with Gasteiger partial charge in [0.25, 0.3) is 10.0 Å². The van der Waals surface area contributed by atoms with Gasteiger partial charge in [-0.1, -0.05) is 49.4 Å². The normalized spacial score (nSPS) is 16.9. The van der Waals surface area contributed by atoms with E-state index in [1.165, 1.54) is 30.5 Å². The van der Waals surface area contributed by atoms with E-state index in [-0.39, 0.29) is 22.1 Å². The molecule has 6 rings (SSSR count). The second-order valence-corrected chi connectivity index (χ2v) is 11.3. The lowest BCUT2D eigenvalue weighted by atomic mass is 9.75. The molecule has 6 nitrogen and oxygen atoms in total. The summed E-state index contributed by atoms with van der Waals surface area (Å²) in [6.45, 7) is 2.12. The zero-order valence-electron chi connectivity index (χ0n) is 19.7. The molecule has 2 N–H and O–H groups in total. The predicted octanol–water partition coefficient (Wildman–Crippen LogP) is 5.46. The summed E-state index contributed by atoms with van der Waals surface area (Å²) in [6, 6.07) is 18.8. The van der Waals surface area contributed by atoms with Crippen molar-refractivity contribution in [3.05, 3.63) is 95.2 Å². The SMILES string of the molecule is CC1CCCc2c1ccc1c2C(=O)C(=O)c2c(-c3ccccc3)cn(S(=O)(=O)c3ccc(N)cc3)c2-1. The van der Waals surface area contributed by atoms with Crippen LogP contribution in [-0.2, 0) is 16.4 Å². The van der Waals surface area contributed by atoms with Gasteiger partial charge in [-0.2, -0.15) is 0 Å². The Balaban J connectivity index is 1.71. The van der Waals surface area contributed by atoms with Crippen molar-refractivity contribution in [3.8, 4) is 22.4 Å². The van der Waals surface area contributed by atoms with E-state index in [0.717, 1.165) is 27.9 Å². The number of ketones is 2. The third-order valence-corrected chi connectivity index (χ3v) is 9.03. The van der Waals surface area contributed by atoms with Crippen LogP contribution in [0.15, 0.2) is 77.8 Å². The lowest BCUT2D eigenvalue weighted by Crippen LogP contribution is -2.26. The zero-order chi connectivity index (χ0) is 25.2. The van der Waals surface area contributed by atoms with Crippen LogP contribution in [0.3, 0.4) is 0 Å². The Hall–Kier alpha value is -3.97. The molecule has 1 heterocycles. The molecule has 2 aliphatic carbocycles. The lowest BCUT2D eigenvalue weighted by molar-refractivity contribution is 0.0815. The van der Waals surface area contributed by atoms with Crippen LogP contribution in [0, 0.1) is 0 Å². The molecule has 0 radical (unpaired) electrons. The van der Waals surface area contributed by atoms with E-state index >= 15 is 0 Å². The van der Waals surface area contributed by atoms with E-state index in [2.05, 4.69) is 6.92 Å². The van der Waals surface area contributed by atoms with Gasteiger partial charge in [-0.15, -0.1) is 0 Å². The van der Waals surface area contributed by atoms with Gasteiger partial charge in [0.1, 0.15) is 0 Å². The minimum absolute atomic E-state index is 0.0478. The highest BCUT2D eigenvalue weighted by molar-refractivity contribution is 7.90. The number of carbonyl (C=O) groups excluding carboxylic acids is 2.